The van der Waals surface area contributed by atoms with Crippen molar-refractivity contribution in [3.05, 3.63) is 71.3 Å². The molecule has 0 saturated heterocycles. The van der Waals surface area contributed by atoms with Gasteiger partial charge in [0.05, 0.1) is 6.10 Å². The van der Waals surface area contributed by atoms with Gasteiger partial charge in [-0.25, -0.2) is 8.78 Å². The lowest BCUT2D eigenvalue weighted by Gasteiger charge is -2.25. The van der Waals surface area contributed by atoms with E-state index in [9.17, 15) is 13.9 Å². The third-order valence-electron chi connectivity index (χ3n) is 3.56. The molecule has 22 heavy (non-hydrogen) atoms. The highest BCUT2D eigenvalue weighted by molar-refractivity contribution is 5.19. The van der Waals surface area contributed by atoms with Gasteiger partial charge in [-0.3, -0.25) is 4.90 Å². The third-order valence-corrected chi connectivity index (χ3v) is 3.56. The van der Waals surface area contributed by atoms with Gasteiger partial charge in [-0.1, -0.05) is 43.3 Å². The molecule has 0 spiro atoms. The summed E-state index contributed by atoms with van der Waals surface area (Å²) in [6, 6.07) is 13.0. The molecule has 0 amide bonds. The minimum Gasteiger partial charge on any atom is -0.387 e. The van der Waals surface area contributed by atoms with Crippen LogP contribution in [0.25, 0.3) is 0 Å². The summed E-state index contributed by atoms with van der Waals surface area (Å²) in [6.45, 7) is 3.53. The molecule has 0 fully saturated rings. The Morgan fingerprint density at radius 1 is 1.09 bits per heavy atom. The Morgan fingerprint density at radius 2 is 1.82 bits per heavy atom. The molecule has 1 atom stereocenters. The first-order valence-electron chi connectivity index (χ1n) is 7.49. The van der Waals surface area contributed by atoms with E-state index in [2.05, 4.69) is 0 Å². The highest BCUT2D eigenvalue weighted by atomic mass is 19.1. The monoisotopic (exact) mass is 305 g/mol. The number of rotatable bonds is 7. The van der Waals surface area contributed by atoms with Crippen LogP contribution in [-0.4, -0.2) is 23.1 Å². The lowest BCUT2D eigenvalue weighted by Crippen LogP contribution is -2.29. The maximum atomic E-state index is 13.8. The average molecular weight is 305 g/mol. The molecule has 0 aliphatic rings. The van der Waals surface area contributed by atoms with Crippen LogP contribution in [0, 0.1) is 11.6 Å². The fourth-order valence-electron chi connectivity index (χ4n) is 2.47. The second-order valence-electron chi connectivity index (χ2n) is 5.40. The van der Waals surface area contributed by atoms with E-state index >= 15 is 0 Å². The summed E-state index contributed by atoms with van der Waals surface area (Å²) in [5, 5.41) is 10.3. The maximum Gasteiger partial charge on any atom is 0.130 e. The Kier molecular flexibility index (Phi) is 6.04. The summed E-state index contributed by atoms with van der Waals surface area (Å²) in [4.78, 5) is 1.98. The molecule has 2 rings (SSSR count). The number of hydrogen-bond donors (Lipinski definition) is 1. The number of hydrogen-bond acceptors (Lipinski definition) is 2. The van der Waals surface area contributed by atoms with Crippen molar-refractivity contribution in [2.24, 2.45) is 0 Å². The summed E-state index contributed by atoms with van der Waals surface area (Å²) >= 11 is 0. The van der Waals surface area contributed by atoms with Crippen molar-refractivity contribution in [3.63, 3.8) is 0 Å². The van der Waals surface area contributed by atoms with Crippen molar-refractivity contribution >= 4 is 0 Å². The van der Waals surface area contributed by atoms with Crippen LogP contribution in [0.15, 0.2) is 48.5 Å². The van der Waals surface area contributed by atoms with Gasteiger partial charge in [0.2, 0.25) is 0 Å². The number of aliphatic hydroxyl groups excluding tert-OH is 1. The molecular weight excluding hydrogens is 284 g/mol. The first-order chi connectivity index (χ1) is 10.6. The molecular formula is C18H21F2NO. The van der Waals surface area contributed by atoms with Gasteiger partial charge in [0.15, 0.2) is 0 Å². The van der Waals surface area contributed by atoms with Gasteiger partial charge in [-0.15, -0.1) is 0 Å². The zero-order chi connectivity index (χ0) is 15.9. The predicted molar refractivity (Wildman–Crippen MR) is 83.3 cm³/mol. The van der Waals surface area contributed by atoms with Crippen LogP contribution in [0.2, 0.25) is 0 Å². The van der Waals surface area contributed by atoms with Gasteiger partial charge in [0.1, 0.15) is 11.6 Å². The minimum atomic E-state index is -0.628. The van der Waals surface area contributed by atoms with Crippen molar-refractivity contribution < 1.29 is 13.9 Å². The molecule has 4 heteroatoms. The topological polar surface area (TPSA) is 23.5 Å². The van der Waals surface area contributed by atoms with Crippen molar-refractivity contribution in [2.75, 3.05) is 13.1 Å². The Bertz CT molecular complexity index is 589. The van der Waals surface area contributed by atoms with Crippen LogP contribution in [0.3, 0.4) is 0 Å². The molecule has 0 bridgehead atoms. The summed E-state index contributed by atoms with van der Waals surface area (Å²) < 4.78 is 26.8. The largest absolute Gasteiger partial charge is 0.387 e. The molecule has 0 saturated carbocycles. The van der Waals surface area contributed by atoms with Crippen molar-refractivity contribution in [2.45, 2.75) is 26.0 Å². The van der Waals surface area contributed by atoms with Crippen LogP contribution >= 0.6 is 0 Å². The number of nitrogens with zero attached hydrogens (tertiary/aromatic N) is 1. The molecule has 2 aromatic carbocycles. The van der Waals surface area contributed by atoms with Gasteiger partial charge in [0, 0.05) is 24.7 Å². The molecule has 0 aromatic heterocycles. The smallest absolute Gasteiger partial charge is 0.130 e. The van der Waals surface area contributed by atoms with Gasteiger partial charge in [0.25, 0.3) is 0 Å². The fraction of sp³-hybridized carbons (Fsp3) is 0.333. The molecule has 118 valence electrons. The second kappa shape index (κ2) is 8.01. The highest BCUT2D eigenvalue weighted by Crippen LogP contribution is 2.17. The summed E-state index contributed by atoms with van der Waals surface area (Å²) in [5.74, 6) is -1.12. The first-order valence-corrected chi connectivity index (χ1v) is 7.49. The van der Waals surface area contributed by atoms with E-state index in [0.29, 0.717) is 18.7 Å². The van der Waals surface area contributed by atoms with E-state index in [1.165, 1.54) is 12.1 Å². The summed E-state index contributed by atoms with van der Waals surface area (Å²) in [6.07, 6.45) is 0.265. The second-order valence-corrected chi connectivity index (χ2v) is 5.40. The molecule has 0 radical (unpaired) electrons. The van der Waals surface area contributed by atoms with E-state index in [1.807, 2.05) is 42.2 Å². The quantitative estimate of drug-likeness (QED) is 0.838. The lowest BCUT2D eigenvalue weighted by molar-refractivity contribution is 0.108. The van der Waals surface area contributed by atoms with Crippen molar-refractivity contribution in [3.8, 4) is 0 Å². The number of benzene rings is 2. The van der Waals surface area contributed by atoms with Crippen LogP contribution in [0.1, 0.15) is 30.6 Å². The van der Waals surface area contributed by atoms with E-state index in [4.69, 9.17) is 0 Å². The van der Waals surface area contributed by atoms with Crippen LogP contribution in [-0.2, 0) is 6.54 Å². The highest BCUT2D eigenvalue weighted by Gasteiger charge is 2.15. The normalized spacial score (nSPS) is 12.6. The summed E-state index contributed by atoms with van der Waals surface area (Å²) in [5.41, 5.74) is 1.28. The molecule has 0 aliphatic carbocycles. The average Bonchev–Trinajstić information content (AvgIpc) is 2.51. The fourth-order valence-corrected chi connectivity index (χ4v) is 2.47. The van der Waals surface area contributed by atoms with Gasteiger partial charge >= 0.3 is 0 Å². The molecule has 0 heterocycles. The van der Waals surface area contributed by atoms with Crippen molar-refractivity contribution in [1.29, 1.82) is 0 Å². The third kappa shape index (κ3) is 4.61. The zero-order valence-electron chi connectivity index (χ0n) is 12.7. The zero-order valence-corrected chi connectivity index (χ0v) is 12.7. The molecule has 0 aliphatic heterocycles. The van der Waals surface area contributed by atoms with E-state index < -0.39 is 17.7 Å². The van der Waals surface area contributed by atoms with Gasteiger partial charge in [-0.2, -0.15) is 0 Å². The van der Waals surface area contributed by atoms with Crippen LogP contribution in [0.5, 0.6) is 0 Å². The van der Waals surface area contributed by atoms with Gasteiger partial charge < -0.3 is 5.11 Å². The maximum absolute atomic E-state index is 13.8. The molecule has 1 unspecified atom stereocenters. The SMILES string of the molecule is CCCN(Cc1ccc(F)cc1F)CC(O)c1ccccc1. The Balaban J connectivity index is 2.06. The van der Waals surface area contributed by atoms with Crippen LogP contribution < -0.4 is 0 Å². The molecule has 1 N–H and O–H groups in total. The van der Waals surface area contributed by atoms with E-state index in [0.717, 1.165) is 24.6 Å². The van der Waals surface area contributed by atoms with E-state index in [1.54, 1.807) is 0 Å². The summed E-state index contributed by atoms with van der Waals surface area (Å²) in [7, 11) is 0. The Hall–Kier alpha value is -1.78. The minimum absolute atomic E-state index is 0.351. The Morgan fingerprint density at radius 3 is 2.45 bits per heavy atom. The Labute approximate surface area is 130 Å². The van der Waals surface area contributed by atoms with Crippen molar-refractivity contribution in [1.82, 2.24) is 4.90 Å². The first kappa shape index (κ1) is 16.6. The predicted octanol–water partition coefficient (Wildman–Crippen LogP) is 3.91. The molecule has 2 aromatic rings. The standard InChI is InChI=1S/C18H21F2NO/c1-2-10-21(12-15-8-9-16(19)11-17(15)20)13-18(22)14-6-4-3-5-7-14/h3-9,11,18,22H,2,10,12-13H2,1H3. The van der Waals surface area contributed by atoms with Gasteiger partial charge in [-0.05, 0) is 24.6 Å². The number of aliphatic hydroxyl groups is 1. The lowest BCUT2D eigenvalue weighted by atomic mass is 10.1. The van der Waals surface area contributed by atoms with Crippen LogP contribution in [0.4, 0.5) is 8.78 Å². The molecule has 2 nitrogen and oxygen atoms in total. The van der Waals surface area contributed by atoms with E-state index in [-0.39, 0.29) is 0 Å². The number of halogens is 2.